The van der Waals surface area contributed by atoms with Gasteiger partial charge in [-0.1, -0.05) is 34.6 Å². The van der Waals surface area contributed by atoms with E-state index in [1.54, 1.807) is 0 Å². The summed E-state index contributed by atoms with van der Waals surface area (Å²) in [5.41, 5.74) is 7.56. The molecule has 1 aromatic heterocycles. The first-order valence-corrected chi connectivity index (χ1v) is 7.40. The van der Waals surface area contributed by atoms with Crippen molar-refractivity contribution in [3.63, 3.8) is 0 Å². The lowest BCUT2D eigenvalue weighted by Gasteiger charge is -2.17. The van der Waals surface area contributed by atoms with Crippen LogP contribution >= 0.6 is 22.6 Å². The summed E-state index contributed by atoms with van der Waals surface area (Å²) in [6.07, 6.45) is 3.13. The molecule has 0 aliphatic heterocycles. The van der Waals surface area contributed by atoms with E-state index >= 15 is 0 Å². The van der Waals surface area contributed by atoms with E-state index in [-0.39, 0.29) is 5.41 Å². The molecule has 1 aromatic rings. The van der Waals surface area contributed by atoms with Gasteiger partial charge in [0, 0.05) is 0 Å². The molecule has 3 nitrogen and oxygen atoms in total. The van der Waals surface area contributed by atoms with E-state index in [0.717, 1.165) is 34.3 Å². The summed E-state index contributed by atoms with van der Waals surface area (Å²) < 4.78 is 3.15. The summed E-state index contributed by atoms with van der Waals surface area (Å²) in [5.74, 6) is 0.832. The van der Waals surface area contributed by atoms with Crippen LogP contribution in [0.2, 0.25) is 0 Å². The van der Waals surface area contributed by atoms with Gasteiger partial charge in [-0.05, 0) is 47.3 Å². The second-order valence-corrected chi connectivity index (χ2v) is 6.88. The molecular weight excluding hydrogens is 325 g/mol. The number of halogens is 1. The maximum atomic E-state index is 6.17. The Labute approximate surface area is 118 Å². The number of nitrogens with two attached hydrogens (primary N) is 1. The van der Waals surface area contributed by atoms with Crippen LogP contribution in [0.1, 0.15) is 59.2 Å². The van der Waals surface area contributed by atoms with Crippen LogP contribution in [-0.2, 0) is 6.42 Å². The van der Waals surface area contributed by atoms with Gasteiger partial charge in [-0.15, -0.1) is 0 Å². The van der Waals surface area contributed by atoms with Gasteiger partial charge in [0.15, 0.2) is 0 Å². The van der Waals surface area contributed by atoms with E-state index in [9.17, 15) is 0 Å². The topological polar surface area (TPSA) is 43.8 Å². The Hall–Kier alpha value is -0.260. The smallest absolute Gasteiger partial charge is 0.135 e. The average molecular weight is 349 g/mol. The fourth-order valence-corrected chi connectivity index (χ4v) is 2.55. The van der Waals surface area contributed by atoms with Crippen molar-refractivity contribution in [3.05, 3.63) is 9.26 Å². The van der Waals surface area contributed by atoms with Gasteiger partial charge < -0.3 is 5.73 Å². The van der Waals surface area contributed by atoms with Crippen molar-refractivity contribution in [3.8, 4) is 0 Å². The molecule has 0 saturated heterocycles. The van der Waals surface area contributed by atoms with Crippen LogP contribution in [0.25, 0.3) is 0 Å². The number of hydrogen-bond donors (Lipinski definition) is 1. The fraction of sp³-hybridized carbons (Fsp3) is 0.769. The standard InChI is InChI=1S/C13H24IN3/c1-6-9(7-2)17-12(15)11(14)10(16-17)8-13(3,4)5/h9H,6-8,15H2,1-5H3. The van der Waals surface area contributed by atoms with Gasteiger partial charge in [-0.2, -0.15) is 5.10 Å². The zero-order valence-corrected chi connectivity index (χ0v) is 13.7. The first kappa shape index (κ1) is 14.8. The lowest BCUT2D eigenvalue weighted by Crippen LogP contribution is -2.13. The molecule has 0 saturated carbocycles. The summed E-state index contributed by atoms with van der Waals surface area (Å²) in [5, 5.41) is 4.72. The SMILES string of the molecule is CCC(CC)n1nc(CC(C)(C)C)c(I)c1N. The predicted octanol–water partition coefficient (Wildman–Crippen LogP) is 4.02. The molecule has 4 heteroatoms. The number of hydrogen-bond acceptors (Lipinski definition) is 2. The summed E-state index contributed by atoms with van der Waals surface area (Å²) in [6, 6.07) is 0.428. The van der Waals surface area contributed by atoms with Crippen LogP contribution in [-0.4, -0.2) is 9.78 Å². The maximum absolute atomic E-state index is 6.17. The highest BCUT2D eigenvalue weighted by atomic mass is 127. The predicted molar refractivity (Wildman–Crippen MR) is 82.1 cm³/mol. The lowest BCUT2D eigenvalue weighted by atomic mass is 9.91. The highest BCUT2D eigenvalue weighted by molar-refractivity contribution is 14.1. The molecule has 0 aromatic carbocycles. The minimum Gasteiger partial charge on any atom is -0.383 e. The van der Waals surface area contributed by atoms with Crippen LogP contribution in [0.3, 0.4) is 0 Å². The molecule has 0 fully saturated rings. The Bertz CT molecular complexity index is 373. The molecule has 0 unspecified atom stereocenters. The van der Waals surface area contributed by atoms with Crippen molar-refractivity contribution in [2.75, 3.05) is 5.73 Å². The lowest BCUT2D eigenvalue weighted by molar-refractivity contribution is 0.391. The van der Waals surface area contributed by atoms with Gasteiger partial charge in [-0.3, -0.25) is 0 Å². The van der Waals surface area contributed by atoms with E-state index in [4.69, 9.17) is 10.8 Å². The van der Waals surface area contributed by atoms with Gasteiger partial charge in [-0.25, -0.2) is 4.68 Å². The Morgan fingerprint density at radius 1 is 1.29 bits per heavy atom. The number of nitrogen functional groups attached to an aromatic ring is 1. The quantitative estimate of drug-likeness (QED) is 0.835. The highest BCUT2D eigenvalue weighted by Gasteiger charge is 2.21. The fourth-order valence-electron chi connectivity index (χ4n) is 2.00. The van der Waals surface area contributed by atoms with E-state index in [1.165, 1.54) is 0 Å². The van der Waals surface area contributed by atoms with Crippen molar-refractivity contribution in [1.29, 1.82) is 0 Å². The van der Waals surface area contributed by atoms with Gasteiger partial charge in [0.2, 0.25) is 0 Å². The van der Waals surface area contributed by atoms with Crippen molar-refractivity contribution >= 4 is 28.4 Å². The number of aromatic nitrogens is 2. The summed E-state index contributed by atoms with van der Waals surface area (Å²) in [4.78, 5) is 0. The van der Waals surface area contributed by atoms with E-state index in [0.29, 0.717) is 6.04 Å². The van der Waals surface area contributed by atoms with E-state index in [2.05, 4.69) is 57.2 Å². The molecule has 17 heavy (non-hydrogen) atoms. The molecule has 0 aliphatic rings. The number of anilines is 1. The zero-order valence-electron chi connectivity index (χ0n) is 11.5. The van der Waals surface area contributed by atoms with Crippen molar-refractivity contribution in [2.24, 2.45) is 5.41 Å². The normalized spacial score (nSPS) is 12.4. The van der Waals surface area contributed by atoms with Crippen LogP contribution < -0.4 is 5.73 Å². The molecule has 98 valence electrons. The molecule has 0 atom stereocenters. The third kappa shape index (κ3) is 3.60. The highest BCUT2D eigenvalue weighted by Crippen LogP contribution is 2.29. The number of rotatable bonds is 4. The largest absolute Gasteiger partial charge is 0.383 e. The van der Waals surface area contributed by atoms with Crippen LogP contribution in [0.5, 0.6) is 0 Å². The molecule has 0 spiro atoms. The van der Waals surface area contributed by atoms with Gasteiger partial charge in [0.25, 0.3) is 0 Å². The van der Waals surface area contributed by atoms with Gasteiger partial charge >= 0.3 is 0 Å². The molecule has 1 rings (SSSR count). The minimum absolute atomic E-state index is 0.249. The van der Waals surface area contributed by atoms with Gasteiger partial charge in [0.05, 0.1) is 15.3 Å². The molecule has 2 N–H and O–H groups in total. The molecule has 1 heterocycles. The summed E-state index contributed by atoms with van der Waals surface area (Å²) in [6.45, 7) is 11.1. The van der Waals surface area contributed by atoms with Crippen molar-refractivity contribution in [1.82, 2.24) is 9.78 Å². The maximum Gasteiger partial charge on any atom is 0.135 e. The Kier molecular flexibility index (Phi) is 4.86. The molecule has 0 aliphatic carbocycles. The Morgan fingerprint density at radius 3 is 2.24 bits per heavy atom. The minimum atomic E-state index is 0.249. The first-order valence-electron chi connectivity index (χ1n) is 6.32. The molecular formula is C13H24IN3. The second kappa shape index (κ2) is 5.59. The van der Waals surface area contributed by atoms with E-state index in [1.807, 2.05) is 4.68 Å². The average Bonchev–Trinajstić information content (AvgIpc) is 2.47. The first-order chi connectivity index (χ1) is 7.80. The molecule has 0 amide bonds. The van der Waals surface area contributed by atoms with Gasteiger partial charge in [0.1, 0.15) is 5.82 Å². The van der Waals surface area contributed by atoms with Crippen LogP contribution in [0, 0.1) is 8.99 Å². The molecule has 0 radical (unpaired) electrons. The van der Waals surface area contributed by atoms with Crippen LogP contribution in [0.4, 0.5) is 5.82 Å². The summed E-state index contributed by atoms with van der Waals surface area (Å²) >= 11 is 2.32. The molecule has 0 bridgehead atoms. The third-order valence-corrected chi connectivity index (χ3v) is 4.11. The Morgan fingerprint density at radius 2 is 1.82 bits per heavy atom. The third-order valence-electron chi connectivity index (χ3n) is 2.94. The van der Waals surface area contributed by atoms with Crippen molar-refractivity contribution < 1.29 is 0 Å². The van der Waals surface area contributed by atoms with Crippen LogP contribution in [0.15, 0.2) is 0 Å². The zero-order chi connectivity index (χ0) is 13.2. The van der Waals surface area contributed by atoms with Crippen molar-refractivity contribution in [2.45, 2.75) is 59.9 Å². The monoisotopic (exact) mass is 349 g/mol. The Balaban J connectivity index is 3.07. The van der Waals surface area contributed by atoms with E-state index < -0.39 is 0 Å². The second-order valence-electron chi connectivity index (χ2n) is 5.80. The number of nitrogens with zero attached hydrogens (tertiary/aromatic N) is 2. The summed E-state index contributed by atoms with van der Waals surface area (Å²) in [7, 11) is 0.